The maximum Gasteiger partial charge on any atom is 0.142 e. The lowest BCUT2D eigenvalue weighted by molar-refractivity contribution is 0.413. The number of para-hydroxylation sites is 2. The molecule has 1 aliphatic rings. The van der Waals surface area contributed by atoms with Crippen LogP contribution in [0.1, 0.15) is 5.82 Å². The number of benzene rings is 2. The average Bonchev–Trinajstić information content (AvgIpc) is 2.74. The molecule has 3 aromatic rings. The molecule has 2 aromatic carbocycles. The molecular formula is C22H24N4O. The van der Waals surface area contributed by atoms with Crippen molar-refractivity contribution in [1.82, 2.24) is 9.97 Å². The number of nitrogens with zero attached hydrogens (tertiary/aromatic N) is 4. The fourth-order valence-corrected chi connectivity index (χ4v) is 3.54. The fraction of sp³-hybridized carbons (Fsp3) is 0.273. The third kappa shape index (κ3) is 3.72. The second kappa shape index (κ2) is 7.66. The van der Waals surface area contributed by atoms with E-state index in [1.54, 1.807) is 7.11 Å². The Morgan fingerprint density at radius 1 is 0.815 bits per heavy atom. The SMILES string of the molecule is COc1ccccc1N1CCN(c2cc(-c3ccccc3)nc(C)n2)CC1. The van der Waals surface area contributed by atoms with Gasteiger partial charge in [0.1, 0.15) is 17.4 Å². The molecule has 1 aromatic heterocycles. The Kier molecular flexibility index (Phi) is 4.92. The van der Waals surface area contributed by atoms with E-state index in [0.717, 1.165) is 60.5 Å². The molecule has 2 heterocycles. The van der Waals surface area contributed by atoms with E-state index in [1.165, 1.54) is 0 Å². The first-order chi connectivity index (χ1) is 13.2. The highest BCUT2D eigenvalue weighted by molar-refractivity contribution is 5.64. The second-order valence-corrected chi connectivity index (χ2v) is 6.67. The summed E-state index contributed by atoms with van der Waals surface area (Å²) in [6, 6.07) is 20.6. The number of hydrogen-bond acceptors (Lipinski definition) is 5. The Labute approximate surface area is 160 Å². The molecule has 1 aliphatic heterocycles. The van der Waals surface area contributed by atoms with Crippen molar-refractivity contribution >= 4 is 11.5 Å². The molecule has 1 fully saturated rings. The average molecular weight is 360 g/mol. The zero-order chi connectivity index (χ0) is 18.6. The number of anilines is 2. The maximum absolute atomic E-state index is 5.51. The summed E-state index contributed by atoms with van der Waals surface area (Å²) in [6.45, 7) is 5.67. The van der Waals surface area contributed by atoms with Gasteiger partial charge in [-0.1, -0.05) is 42.5 Å². The summed E-state index contributed by atoms with van der Waals surface area (Å²) in [7, 11) is 1.73. The van der Waals surface area contributed by atoms with Gasteiger partial charge in [0.2, 0.25) is 0 Å². The van der Waals surface area contributed by atoms with E-state index in [-0.39, 0.29) is 0 Å². The minimum absolute atomic E-state index is 0.804. The van der Waals surface area contributed by atoms with E-state index in [2.05, 4.69) is 50.1 Å². The van der Waals surface area contributed by atoms with Crippen molar-refractivity contribution in [2.45, 2.75) is 6.92 Å². The molecular weight excluding hydrogens is 336 g/mol. The highest BCUT2D eigenvalue weighted by Crippen LogP contribution is 2.29. The van der Waals surface area contributed by atoms with Crippen LogP contribution >= 0.6 is 0 Å². The first-order valence-electron chi connectivity index (χ1n) is 9.28. The van der Waals surface area contributed by atoms with Crippen molar-refractivity contribution in [3.8, 4) is 17.0 Å². The minimum atomic E-state index is 0.804. The molecule has 27 heavy (non-hydrogen) atoms. The highest BCUT2D eigenvalue weighted by atomic mass is 16.5. The summed E-state index contributed by atoms with van der Waals surface area (Å²) in [5.74, 6) is 2.73. The Morgan fingerprint density at radius 2 is 1.48 bits per heavy atom. The van der Waals surface area contributed by atoms with Crippen molar-refractivity contribution in [2.75, 3.05) is 43.1 Å². The van der Waals surface area contributed by atoms with Gasteiger partial charge in [-0.2, -0.15) is 0 Å². The van der Waals surface area contributed by atoms with Crippen molar-refractivity contribution in [2.24, 2.45) is 0 Å². The number of hydrogen-bond donors (Lipinski definition) is 0. The van der Waals surface area contributed by atoms with Crippen LogP contribution in [0.2, 0.25) is 0 Å². The second-order valence-electron chi connectivity index (χ2n) is 6.67. The van der Waals surface area contributed by atoms with Crippen LogP contribution in [0, 0.1) is 6.92 Å². The molecule has 0 N–H and O–H groups in total. The lowest BCUT2D eigenvalue weighted by Gasteiger charge is -2.37. The van der Waals surface area contributed by atoms with Gasteiger partial charge in [0.05, 0.1) is 18.5 Å². The normalized spacial score (nSPS) is 14.3. The summed E-state index contributed by atoms with van der Waals surface area (Å²) in [6.07, 6.45) is 0. The molecule has 1 saturated heterocycles. The minimum Gasteiger partial charge on any atom is -0.495 e. The molecule has 0 bridgehead atoms. The van der Waals surface area contributed by atoms with Gasteiger partial charge in [-0.25, -0.2) is 9.97 Å². The predicted molar refractivity (Wildman–Crippen MR) is 110 cm³/mol. The summed E-state index contributed by atoms with van der Waals surface area (Å²) in [5, 5.41) is 0. The molecule has 5 nitrogen and oxygen atoms in total. The standard InChI is InChI=1S/C22H24N4O/c1-17-23-19(18-8-4-3-5-9-18)16-22(24-17)26-14-12-25(13-15-26)20-10-6-7-11-21(20)27-2/h3-11,16H,12-15H2,1-2H3. The number of aromatic nitrogens is 2. The molecule has 138 valence electrons. The van der Waals surface area contributed by atoms with Gasteiger partial charge >= 0.3 is 0 Å². The van der Waals surface area contributed by atoms with Gasteiger partial charge < -0.3 is 14.5 Å². The molecule has 0 atom stereocenters. The predicted octanol–water partition coefficient (Wildman–Crippen LogP) is 3.79. The summed E-state index contributed by atoms with van der Waals surface area (Å²) < 4.78 is 5.51. The van der Waals surface area contributed by atoms with Gasteiger partial charge in [-0.3, -0.25) is 0 Å². The third-order valence-electron chi connectivity index (χ3n) is 4.92. The molecule has 0 aliphatic carbocycles. The molecule has 0 saturated carbocycles. The van der Waals surface area contributed by atoms with E-state index in [4.69, 9.17) is 4.74 Å². The zero-order valence-electron chi connectivity index (χ0n) is 15.8. The molecule has 0 amide bonds. The number of piperazine rings is 1. The number of rotatable bonds is 4. The lowest BCUT2D eigenvalue weighted by Crippen LogP contribution is -2.47. The van der Waals surface area contributed by atoms with Gasteiger partial charge in [-0.05, 0) is 19.1 Å². The maximum atomic E-state index is 5.51. The monoisotopic (exact) mass is 360 g/mol. The van der Waals surface area contributed by atoms with Crippen LogP contribution in [0.25, 0.3) is 11.3 Å². The molecule has 4 rings (SSSR count). The molecule has 5 heteroatoms. The third-order valence-corrected chi connectivity index (χ3v) is 4.92. The lowest BCUT2D eigenvalue weighted by atomic mass is 10.1. The summed E-state index contributed by atoms with van der Waals surface area (Å²) in [5.41, 5.74) is 3.26. The first-order valence-corrected chi connectivity index (χ1v) is 9.28. The van der Waals surface area contributed by atoms with Crippen LogP contribution in [0.4, 0.5) is 11.5 Å². The van der Waals surface area contributed by atoms with Gasteiger partial charge in [-0.15, -0.1) is 0 Å². The fourth-order valence-electron chi connectivity index (χ4n) is 3.54. The van der Waals surface area contributed by atoms with Crippen molar-refractivity contribution in [3.05, 3.63) is 66.5 Å². The van der Waals surface area contributed by atoms with Crippen LogP contribution < -0.4 is 14.5 Å². The Hall–Kier alpha value is -3.08. The molecule has 0 spiro atoms. The summed E-state index contributed by atoms with van der Waals surface area (Å²) in [4.78, 5) is 14.0. The van der Waals surface area contributed by atoms with E-state index in [1.807, 2.05) is 37.3 Å². The van der Waals surface area contributed by atoms with Crippen molar-refractivity contribution < 1.29 is 4.74 Å². The molecule has 0 radical (unpaired) electrons. The Bertz CT molecular complexity index is 905. The van der Waals surface area contributed by atoms with Crippen LogP contribution in [-0.4, -0.2) is 43.3 Å². The van der Waals surface area contributed by atoms with Crippen LogP contribution in [-0.2, 0) is 0 Å². The van der Waals surface area contributed by atoms with Gasteiger partial charge in [0.15, 0.2) is 0 Å². The smallest absolute Gasteiger partial charge is 0.142 e. The zero-order valence-corrected chi connectivity index (χ0v) is 15.8. The topological polar surface area (TPSA) is 41.5 Å². The van der Waals surface area contributed by atoms with Crippen molar-refractivity contribution in [1.29, 1.82) is 0 Å². The van der Waals surface area contributed by atoms with Crippen LogP contribution in [0.3, 0.4) is 0 Å². The summed E-state index contributed by atoms with van der Waals surface area (Å²) >= 11 is 0. The van der Waals surface area contributed by atoms with Crippen LogP contribution in [0.5, 0.6) is 5.75 Å². The quantitative estimate of drug-likeness (QED) is 0.708. The van der Waals surface area contributed by atoms with Gasteiger partial charge in [0.25, 0.3) is 0 Å². The van der Waals surface area contributed by atoms with Gasteiger partial charge in [0, 0.05) is 37.8 Å². The van der Waals surface area contributed by atoms with E-state index in [9.17, 15) is 0 Å². The van der Waals surface area contributed by atoms with Crippen LogP contribution in [0.15, 0.2) is 60.7 Å². The highest BCUT2D eigenvalue weighted by Gasteiger charge is 2.21. The largest absolute Gasteiger partial charge is 0.495 e. The van der Waals surface area contributed by atoms with E-state index in [0.29, 0.717) is 0 Å². The van der Waals surface area contributed by atoms with E-state index >= 15 is 0 Å². The van der Waals surface area contributed by atoms with Crippen molar-refractivity contribution in [3.63, 3.8) is 0 Å². The number of ether oxygens (including phenoxy) is 1. The Balaban J connectivity index is 1.52. The molecule has 0 unspecified atom stereocenters. The Morgan fingerprint density at radius 3 is 2.22 bits per heavy atom. The number of methoxy groups -OCH3 is 1. The first kappa shape index (κ1) is 17.3. The van der Waals surface area contributed by atoms with E-state index < -0.39 is 0 Å². The number of aryl methyl sites for hydroxylation is 1.